The molecule has 0 aliphatic carbocycles. The zero-order chi connectivity index (χ0) is 14.7. The standard InChI is InChI=1S/C13H21FN2O2S/c1-4-13(5-2,9-15)16-19(17,18)12-8-11(14)7-6-10(12)3/h6-8,16H,4-5,9,15H2,1-3H3. The van der Waals surface area contributed by atoms with Gasteiger partial charge in [-0.2, -0.15) is 0 Å². The fraction of sp³-hybridized carbons (Fsp3) is 0.538. The summed E-state index contributed by atoms with van der Waals surface area (Å²) in [6.07, 6.45) is 1.15. The van der Waals surface area contributed by atoms with E-state index in [9.17, 15) is 12.8 Å². The van der Waals surface area contributed by atoms with Crippen molar-refractivity contribution in [3.05, 3.63) is 29.6 Å². The molecule has 1 aromatic carbocycles. The summed E-state index contributed by atoms with van der Waals surface area (Å²) < 4.78 is 40.6. The molecular formula is C13H21FN2O2S. The zero-order valence-electron chi connectivity index (χ0n) is 11.5. The average Bonchev–Trinajstić information content (AvgIpc) is 2.39. The molecule has 0 aliphatic heterocycles. The predicted octanol–water partition coefficient (Wildman–Crippen LogP) is 1.93. The van der Waals surface area contributed by atoms with E-state index >= 15 is 0 Å². The lowest BCUT2D eigenvalue weighted by Crippen LogP contribution is -2.52. The number of halogens is 1. The number of hydrogen-bond donors (Lipinski definition) is 2. The highest BCUT2D eigenvalue weighted by molar-refractivity contribution is 7.89. The summed E-state index contributed by atoms with van der Waals surface area (Å²) in [7, 11) is -3.78. The third-order valence-corrected chi connectivity index (χ3v) is 5.26. The predicted molar refractivity (Wildman–Crippen MR) is 73.8 cm³/mol. The molecule has 0 aliphatic rings. The molecule has 0 spiro atoms. The lowest BCUT2D eigenvalue weighted by atomic mass is 9.95. The zero-order valence-corrected chi connectivity index (χ0v) is 12.3. The maximum Gasteiger partial charge on any atom is 0.241 e. The van der Waals surface area contributed by atoms with Crippen LogP contribution in [0.2, 0.25) is 0 Å². The first-order chi connectivity index (χ1) is 8.80. The average molecular weight is 288 g/mol. The highest BCUT2D eigenvalue weighted by Crippen LogP contribution is 2.21. The second-order valence-electron chi connectivity index (χ2n) is 4.71. The summed E-state index contributed by atoms with van der Waals surface area (Å²) in [6.45, 7) is 5.58. The van der Waals surface area contributed by atoms with Gasteiger partial charge in [-0.3, -0.25) is 0 Å². The maximum absolute atomic E-state index is 13.2. The van der Waals surface area contributed by atoms with Gasteiger partial charge >= 0.3 is 0 Å². The number of nitrogens with one attached hydrogen (secondary N) is 1. The number of sulfonamides is 1. The van der Waals surface area contributed by atoms with Crippen LogP contribution in [0, 0.1) is 12.7 Å². The Hall–Kier alpha value is -0.980. The smallest absolute Gasteiger partial charge is 0.241 e. The normalized spacial score (nSPS) is 12.7. The van der Waals surface area contributed by atoms with Crippen LogP contribution in [0.3, 0.4) is 0 Å². The van der Waals surface area contributed by atoms with Crippen molar-refractivity contribution in [2.24, 2.45) is 5.73 Å². The van der Waals surface area contributed by atoms with E-state index in [0.717, 1.165) is 6.07 Å². The Kier molecular flexibility index (Phi) is 5.06. The van der Waals surface area contributed by atoms with Crippen molar-refractivity contribution >= 4 is 10.0 Å². The van der Waals surface area contributed by atoms with Crippen molar-refractivity contribution in [1.29, 1.82) is 0 Å². The Bertz CT molecular complexity index is 531. The number of nitrogens with two attached hydrogens (primary N) is 1. The summed E-state index contributed by atoms with van der Waals surface area (Å²) in [5.41, 5.74) is 5.50. The van der Waals surface area contributed by atoms with Crippen molar-refractivity contribution in [2.75, 3.05) is 6.54 Å². The molecule has 1 rings (SSSR count). The minimum absolute atomic E-state index is 0.0350. The van der Waals surface area contributed by atoms with Gasteiger partial charge in [0.05, 0.1) is 4.90 Å². The Morgan fingerprint density at radius 2 is 1.89 bits per heavy atom. The van der Waals surface area contributed by atoms with E-state index in [0.29, 0.717) is 18.4 Å². The molecule has 108 valence electrons. The highest BCUT2D eigenvalue weighted by Gasteiger charge is 2.31. The summed E-state index contributed by atoms with van der Waals surface area (Å²) in [5, 5.41) is 0. The van der Waals surface area contributed by atoms with Gasteiger partial charge in [-0.25, -0.2) is 17.5 Å². The summed E-state index contributed by atoms with van der Waals surface area (Å²) >= 11 is 0. The Labute approximate surface area is 114 Å². The first-order valence-corrected chi connectivity index (χ1v) is 7.78. The van der Waals surface area contributed by atoms with Crippen LogP contribution in [0.25, 0.3) is 0 Å². The van der Waals surface area contributed by atoms with Crippen LogP contribution >= 0.6 is 0 Å². The number of hydrogen-bond acceptors (Lipinski definition) is 3. The fourth-order valence-electron chi connectivity index (χ4n) is 1.93. The maximum atomic E-state index is 13.2. The van der Waals surface area contributed by atoms with Gasteiger partial charge in [0.2, 0.25) is 10.0 Å². The van der Waals surface area contributed by atoms with E-state index in [4.69, 9.17) is 5.73 Å². The van der Waals surface area contributed by atoms with E-state index in [2.05, 4.69) is 4.72 Å². The lowest BCUT2D eigenvalue weighted by molar-refractivity contribution is 0.363. The molecule has 0 fully saturated rings. The van der Waals surface area contributed by atoms with Crippen molar-refractivity contribution in [1.82, 2.24) is 4.72 Å². The first-order valence-electron chi connectivity index (χ1n) is 6.30. The van der Waals surface area contributed by atoms with Crippen LogP contribution < -0.4 is 10.5 Å². The number of rotatable bonds is 6. The van der Waals surface area contributed by atoms with Gasteiger partial charge in [0, 0.05) is 12.1 Å². The van der Waals surface area contributed by atoms with Crippen LogP contribution in [0.4, 0.5) is 4.39 Å². The van der Waals surface area contributed by atoms with Crippen molar-refractivity contribution in [2.45, 2.75) is 44.0 Å². The van der Waals surface area contributed by atoms with Crippen molar-refractivity contribution in [3.8, 4) is 0 Å². The molecule has 0 bridgehead atoms. The van der Waals surface area contributed by atoms with E-state index in [1.807, 2.05) is 13.8 Å². The molecule has 0 radical (unpaired) electrons. The summed E-state index contributed by atoms with van der Waals surface area (Å²) in [5.74, 6) is -0.572. The molecule has 0 saturated heterocycles. The third kappa shape index (κ3) is 3.52. The molecular weight excluding hydrogens is 267 g/mol. The van der Waals surface area contributed by atoms with E-state index in [1.54, 1.807) is 6.92 Å². The molecule has 3 N–H and O–H groups in total. The van der Waals surface area contributed by atoms with Gasteiger partial charge < -0.3 is 5.73 Å². The lowest BCUT2D eigenvalue weighted by Gasteiger charge is -2.31. The quantitative estimate of drug-likeness (QED) is 0.840. The van der Waals surface area contributed by atoms with Crippen molar-refractivity contribution < 1.29 is 12.8 Å². The van der Waals surface area contributed by atoms with E-state index < -0.39 is 21.4 Å². The molecule has 19 heavy (non-hydrogen) atoms. The molecule has 0 aromatic heterocycles. The van der Waals surface area contributed by atoms with Gasteiger partial charge in [0.1, 0.15) is 5.82 Å². The molecule has 4 nitrogen and oxygen atoms in total. The third-order valence-electron chi connectivity index (χ3n) is 3.53. The monoisotopic (exact) mass is 288 g/mol. The minimum Gasteiger partial charge on any atom is -0.329 e. The molecule has 6 heteroatoms. The van der Waals surface area contributed by atoms with Crippen LogP contribution in [0.5, 0.6) is 0 Å². The minimum atomic E-state index is -3.78. The molecule has 0 unspecified atom stereocenters. The van der Waals surface area contributed by atoms with Crippen molar-refractivity contribution in [3.63, 3.8) is 0 Å². The first kappa shape index (κ1) is 16.1. The Morgan fingerprint density at radius 1 is 1.32 bits per heavy atom. The van der Waals surface area contributed by atoms with Gasteiger partial charge in [-0.15, -0.1) is 0 Å². The Morgan fingerprint density at radius 3 is 2.37 bits per heavy atom. The summed E-state index contributed by atoms with van der Waals surface area (Å²) in [6, 6.07) is 3.72. The molecule has 0 heterocycles. The highest BCUT2D eigenvalue weighted by atomic mass is 32.2. The number of aryl methyl sites for hydroxylation is 1. The van der Waals surface area contributed by atoms with Crippen LogP contribution in [0.1, 0.15) is 32.3 Å². The van der Waals surface area contributed by atoms with Gasteiger partial charge in [0.15, 0.2) is 0 Å². The van der Waals surface area contributed by atoms with E-state index in [-0.39, 0.29) is 11.4 Å². The SMILES string of the molecule is CCC(CC)(CN)NS(=O)(=O)c1cc(F)ccc1C. The molecule has 1 aromatic rings. The topological polar surface area (TPSA) is 72.2 Å². The van der Waals surface area contributed by atoms with Gasteiger partial charge in [-0.05, 0) is 37.5 Å². The molecule has 0 atom stereocenters. The molecule has 0 amide bonds. The Balaban J connectivity index is 3.21. The molecule has 0 saturated carbocycles. The second-order valence-corrected chi connectivity index (χ2v) is 6.36. The van der Waals surface area contributed by atoms with Crippen LogP contribution in [0.15, 0.2) is 23.1 Å². The fourth-order valence-corrected chi connectivity index (χ4v) is 3.74. The largest absolute Gasteiger partial charge is 0.329 e. The van der Waals surface area contributed by atoms with E-state index in [1.165, 1.54) is 12.1 Å². The van der Waals surface area contributed by atoms with Gasteiger partial charge in [-0.1, -0.05) is 19.9 Å². The van der Waals surface area contributed by atoms with Gasteiger partial charge in [0.25, 0.3) is 0 Å². The number of benzene rings is 1. The second kappa shape index (κ2) is 5.98. The van der Waals surface area contributed by atoms with Crippen LogP contribution in [-0.2, 0) is 10.0 Å². The summed E-state index contributed by atoms with van der Waals surface area (Å²) in [4.78, 5) is -0.0350. The van der Waals surface area contributed by atoms with Crippen LogP contribution in [-0.4, -0.2) is 20.5 Å².